The third-order valence-electron chi connectivity index (χ3n) is 3.52. The summed E-state index contributed by atoms with van der Waals surface area (Å²) in [4.78, 5) is 11.0. The zero-order chi connectivity index (χ0) is 12.1. The quantitative estimate of drug-likeness (QED) is 0.609. The molecule has 3 N–H and O–H groups in total. The van der Waals surface area contributed by atoms with Gasteiger partial charge >= 0.3 is 0 Å². The van der Waals surface area contributed by atoms with Crippen LogP contribution in [0.25, 0.3) is 0 Å². The second-order valence-corrected chi connectivity index (χ2v) is 4.67. The van der Waals surface area contributed by atoms with Gasteiger partial charge in [0.1, 0.15) is 0 Å². The van der Waals surface area contributed by atoms with Crippen LogP contribution in [0.5, 0.6) is 0 Å². The molecule has 0 aliphatic carbocycles. The zero-order valence-corrected chi connectivity index (χ0v) is 10.4. The first-order chi connectivity index (χ1) is 8.31. The summed E-state index contributed by atoms with van der Waals surface area (Å²) in [5.74, 6) is 6.78. The minimum Gasteiger partial charge on any atom is -0.307 e. The Morgan fingerprint density at radius 2 is 2.12 bits per heavy atom. The lowest BCUT2D eigenvalue weighted by molar-refractivity contribution is 0.173. The van der Waals surface area contributed by atoms with E-state index in [1.165, 1.54) is 32.4 Å². The number of nitrogen functional groups attached to an aromatic ring is 1. The van der Waals surface area contributed by atoms with Crippen LogP contribution >= 0.6 is 0 Å². The maximum atomic E-state index is 5.25. The largest absolute Gasteiger partial charge is 0.307 e. The van der Waals surface area contributed by atoms with Crippen LogP contribution in [0.4, 0.5) is 5.82 Å². The molecule has 5 heteroatoms. The Morgan fingerprint density at radius 1 is 1.35 bits per heavy atom. The highest BCUT2D eigenvalue weighted by Crippen LogP contribution is 2.20. The molecule has 0 bridgehead atoms. The minimum absolute atomic E-state index is 0.610. The van der Waals surface area contributed by atoms with Crippen molar-refractivity contribution in [3.63, 3.8) is 0 Å². The van der Waals surface area contributed by atoms with Crippen LogP contribution in [-0.2, 0) is 6.54 Å². The van der Waals surface area contributed by atoms with Crippen molar-refractivity contribution in [1.29, 1.82) is 0 Å². The first kappa shape index (κ1) is 12.3. The fraction of sp³-hybridized carbons (Fsp3) is 0.667. The summed E-state index contributed by atoms with van der Waals surface area (Å²) in [6, 6.07) is 0. The number of nitrogens with zero attached hydrogens (tertiary/aromatic N) is 3. The van der Waals surface area contributed by atoms with Crippen LogP contribution in [0, 0.1) is 5.92 Å². The Kier molecular flexibility index (Phi) is 4.28. The maximum absolute atomic E-state index is 5.25. The number of piperidine rings is 1. The number of rotatable bonds is 4. The van der Waals surface area contributed by atoms with Crippen molar-refractivity contribution in [2.75, 3.05) is 18.5 Å². The van der Waals surface area contributed by atoms with Gasteiger partial charge in [0, 0.05) is 6.54 Å². The molecule has 2 rings (SSSR count). The van der Waals surface area contributed by atoms with Gasteiger partial charge in [-0.05, 0) is 31.8 Å². The number of anilines is 1. The topological polar surface area (TPSA) is 67.1 Å². The van der Waals surface area contributed by atoms with Gasteiger partial charge in [0.05, 0.1) is 18.1 Å². The molecule has 0 aromatic carbocycles. The highest BCUT2D eigenvalue weighted by Gasteiger charge is 2.17. The van der Waals surface area contributed by atoms with Gasteiger partial charge in [-0.3, -0.25) is 9.88 Å². The molecule has 17 heavy (non-hydrogen) atoms. The average molecular weight is 235 g/mol. The lowest BCUT2D eigenvalue weighted by Gasteiger charge is -2.31. The van der Waals surface area contributed by atoms with E-state index in [-0.39, 0.29) is 0 Å². The van der Waals surface area contributed by atoms with Crippen molar-refractivity contribution in [3.8, 4) is 0 Å². The van der Waals surface area contributed by atoms with E-state index in [0.29, 0.717) is 5.82 Å². The van der Waals surface area contributed by atoms with E-state index in [9.17, 15) is 0 Å². The highest BCUT2D eigenvalue weighted by atomic mass is 15.3. The predicted molar refractivity (Wildman–Crippen MR) is 68.1 cm³/mol. The number of hydrogen-bond acceptors (Lipinski definition) is 5. The van der Waals surface area contributed by atoms with Crippen LogP contribution in [0.3, 0.4) is 0 Å². The van der Waals surface area contributed by atoms with E-state index in [1.807, 2.05) is 0 Å². The molecule has 0 atom stereocenters. The van der Waals surface area contributed by atoms with Crippen molar-refractivity contribution >= 4 is 5.82 Å². The minimum atomic E-state index is 0.610. The second kappa shape index (κ2) is 5.93. The Hall–Kier alpha value is -1.20. The van der Waals surface area contributed by atoms with E-state index in [0.717, 1.165) is 18.2 Å². The van der Waals surface area contributed by atoms with E-state index in [2.05, 4.69) is 27.2 Å². The number of nitrogens with two attached hydrogens (primary N) is 1. The van der Waals surface area contributed by atoms with Crippen LogP contribution in [0.15, 0.2) is 12.4 Å². The highest BCUT2D eigenvalue weighted by molar-refractivity contribution is 5.28. The summed E-state index contributed by atoms with van der Waals surface area (Å²) in [5, 5.41) is 0. The fourth-order valence-corrected chi connectivity index (χ4v) is 2.29. The predicted octanol–water partition coefficient (Wildman–Crippen LogP) is 1.38. The van der Waals surface area contributed by atoms with Crippen molar-refractivity contribution in [2.45, 2.75) is 32.7 Å². The van der Waals surface area contributed by atoms with E-state index in [1.54, 1.807) is 12.4 Å². The number of likely N-dealkylation sites (tertiary alicyclic amines) is 1. The van der Waals surface area contributed by atoms with Gasteiger partial charge in [-0.25, -0.2) is 10.8 Å². The van der Waals surface area contributed by atoms with Crippen LogP contribution in [0.2, 0.25) is 0 Å². The molecular weight excluding hydrogens is 214 g/mol. The second-order valence-electron chi connectivity index (χ2n) is 4.67. The van der Waals surface area contributed by atoms with Gasteiger partial charge in [0.25, 0.3) is 0 Å². The third-order valence-corrected chi connectivity index (χ3v) is 3.52. The molecule has 0 radical (unpaired) electrons. The van der Waals surface area contributed by atoms with Gasteiger partial charge in [-0.15, -0.1) is 0 Å². The molecule has 1 fully saturated rings. The van der Waals surface area contributed by atoms with E-state index in [4.69, 9.17) is 5.84 Å². The Labute approximate surface area is 102 Å². The van der Waals surface area contributed by atoms with Crippen molar-refractivity contribution < 1.29 is 0 Å². The number of hydrazine groups is 1. The van der Waals surface area contributed by atoms with Gasteiger partial charge in [-0.1, -0.05) is 13.3 Å². The molecular formula is C12H21N5. The van der Waals surface area contributed by atoms with Crippen molar-refractivity contribution in [3.05, 3.63) is 18.1 Å². The Morgan fingerprint density at radius 3 is 2.65 bits per heavy atom. The molecule has 1 aromatic rings. The zero-order valence-electron chi connectivity index (χ0n) is 10.4. The van der Waals surface area contributed by atoms with Crippen LogP contribution < -0.4 is 11.3 Å². The SMILES string of the molecule is CCC1CCN(Cc2cnc(NN)cn2)CC1. The molecule has 0 spiro atoms. The molecule has 0 unspecified atom stereocenters. The lowest BCUT2D eigenvalue weighted by Crippen LogP contribution is -2.33. The van der Waals surface area contributed by atoms with Crippen molar-refractivity contribution in [1.82, 2.24) is 14.9 Å². The molecule has 1 aliphatic rings. The standard InChI is InChI=1S/C12H21N5/c1-2-10-3-5-17(6-4-10)9-11-7-15-12(16-13)8-14-11/h7-8,10H,2-6,9,13H2,1H3,(H,15,16). The number of nitrogens with one attached hydrogen (secondary N) is 1. The molecule has 0 amide bonds. The molecule has 1 saturated heterocycles. The number of hydrogen-bond donors (Lipinski definition) is 2. The average Bonchev–Trinajstić information content (AvgIpc) is 2.40. The van der Waals surface area contributed by atoms with Crippen LogP contribution in [0.1, 0.15) is 31.9 Å². The van der Waals surface area contributed by atoms with Crippen molar-refractivity contribution in [2.24, 2.45) is 11.8 Å². The summed E-state index contributed by atoms with van der Waals surface area (Å²) in [6.07, 6.45) is 7.40. The number of aromatic nitrogens is 2. The Bertz CT molecular complexity index is 329. The normalized spacial score (nSPS) is 18.2. The molecule has 1 aromatic heterocycles. The third kappa shape index (κ3) is 3.38. The molecule has 1 aliphatic heterocycles. The Balaban J connectivity index is 1.84. The van der Waals surface area contributed by atoms with Crippen LogP contribution in [-0.4, -0.2) is 28.0 Å². The molecule has 2 heterocycles. The van der Waals surface area contributed by atoms with E-state index >= 15 is 0 Å². The molecule has 94 valence electrons. The van der Waals surface area contributed by atoms with Gasteiger partial charge in [-0.2, -0.15) is 0 Å². The molecule has 5 nitrogen and oxygen atoms in total. The molecule has 0 saturated carbocycles. The fourth-order valence-electron chi connectivity index (χ4n) is 2.29. The monoisotopic (exact) mass is 235 g/mol. The summed E-state index contributed by atoms with van der Waals surface area (Å²) < 4.78 is 0. The van der Waals surface area contributed by atoms with E-state index < -0.39 is 0 Å². The summed E-state index contributed by atoms with van der Waals surface area (Å²) in [6.45, 7) is 5.53. The lowest BCUT2D eigenvalue weighted by atomic mass is 9.94. The maximum Gasteiger partial charge on any atom is 0.158 e. The van der Waals surface area contributed by atoms with Gasteiger partial charge < -0.3 is 5.43 Å². The summed E-state index contributed by atoms with van der Waals surface area (Å²) in [5.41, 5.74) is 3.50. The first-order valence-corrected chi connectivity index (χ1v) is 6.31. The first-order valence-electron chi connectivity index (χ1n) is 6.31. The summed E-state index contributed by atoms with van der Waals surface area (Å²) in [7, 11) is 0. The van der Waals surface area contributed by atoms with Gasteiger partial charge in [0.15, 0.2) is 5.82 Å². The van der Waals surface area contributed by atoms with Gasteiger partial charge in [0.2, 0.25) is 0 Å². The smallest absolute Gasteiger partial charge is 0.158 e. The summed E-state index contributed by atoms with van der Waals surface area (Å²) >= 11 is 0.